The van der Waals surface area contributed by atoms with Crippen LogP contribution in [0.3, 0.4) is 0 Å². The lowest BCUT2D eigenvalue weighted by Gasteiger charge is -2.25. The van der Waals surface area contributed by atoms with Crippen molar-refractivity contribution in [3.05, 3.63) is 105 Å². The third-order valence-corrected chi connectivity index (χ3v) is 5.34. The first-order valence-corrected chi connectivity index (χ1v) is 9.71. The number of hydrogen-bond acceptors (Lipinski definition) is 3. The molecule has 0 aromatic heterocycles. The van der Waals surface area contributed by atoms with Crippen LogP contribution in [-0.2, 0) is 9.59 Å². The second-order valence-corrected chi connectivity index (χ2v) is 7.55. The normalized spacial score (nSPS) is 18.1. The molecule has 1 amide bonds. The van der Waals surface area contributed by atoms with Crippen molar-refractivity contribution in [2.45, 2.75) is 6.04 Å². The Morgan fingerprint density at radius 2 is 1.60 bits per heavy atom. The molecule has 1 aliphatic heterocycles. The van der Waals surface area contributed by atoms with E-state index in [9.17, 15) is 19.1 Å². The molecular weight excluding hydrogens is 428 g/mol. The number of carbonyl (C=O) groups excluding carboxylic acids is 2. The minimum absolute atomic E-state index is 0.0761. The number of nitrogens with zero attached hydrogens (tertiary/aromatic N) is 1. The van der Waals surface area contributed by atoms with E-state index in [-0.39, 0.29) is 16.7 Å². The predicted octanol–water partition coefficient (Wildman–Crippen LogP) is 5.76. The molecule has 3 aromatic rings. The molecule has 0 spiro atoms. The highest BCUT2D eigenvalue weighted by Gasteiger charge is 2.47. The first-order valence-electron chi connectivity index (χ1n) is 8.95. The Hall–Kier alpha value is -3.15. The lowest BCUT2D eigenvalue weighted by molar-refractivity contribution is -0.132. The Morgan fingerprint density at radius 1 is 0.900 bits per heavy atom. The highest BCUT2D eigenvalue weighted by Crippen LogP contribution is 2.43. The SMILES string of the molecule is O=C1C(=O)N(c2cccc(Cl)c2)C(c2ccccc2F)/C1=C(\O)c1ccc(Cl)cc1. The summed E-state index contributed by atoms with van der Waals surface area (Å²) in [5.74, 6) is -2.84. The zero-order valence-corrected chi connectivity index (χ0v) is 16.9. The Kier molecular flexibility index (Phi) is 5.33. The second kappa shape index (κ2) is 7.94. The quantitative estimate of drug-likeness (QED) is 0.319. The van der Waals surface area contributed by atoms with Crippen molar-refractivity contribution in [3.63, 3.8) is 0 Å². The van der Waals surface area contributed by atoms with Gasteiger partial charge in [0.2, 0.25) is 0 Å². The molecule has 0 bridgehead atoms. The largest absolute Gasteiger partial charge is 0.507 e. The van der Waals surface area contributed by atoms with Gasteiger partial charge in [-0.25, -0.2) is 4.39 Å². The standard InChI is InChI=1S/C23H14Cl2FNO3/c24-14-10-8-13(9-11-14)21(28)19-20(17-6-1-2-7-18(17)26)27(23(30)22(19)29)16-5-3-4-15(25)12-16/h1-12,20,28H/b21-19+. The van der Waals surface area contributed by atoms with Gasteiger partial charge < -0.3 is 5.11 Å². The Morgan fingerprint density at radius 3 is 2.27 bits per heavy atom. The van der Waals surface area contributed by atoms with Gasteiger partial charge in [0.1, 0.15) is 11.6 Å². The van der Waals surface area contributed by atoms with Crippen molar-refractivity contribution in [1.29, 1.82) is 0 Å². The number of amides is 1. The van der Waals surface area contributed by atoms with Crippen LogP contribution < -0.4 is 4.90 Å². The molecule has 1 unspecified atom stereocenters. The number of anilines is 1. The Labute approximate surface area is 181 Å². The molecule has 4 rings (SSSR count). The van der Waals surface area contributed by atoms with Crippen LogP contribution in [0.2, 0.25) is 10.0 Å². The van der Waals surface area contributed by atoms with Crippen LogP contribution in [0.1, 0.15) is 17.2 Å². The summed E-state index contributed by atoms with van der Waals surface area (Å²) in [6.07, 6.45) is 0. The summed E-state index contributed by atoms with van der Waals surface area (Å²) in [6.45, 7) is 0. The average Bonchev–Trinajstić information content (AvgIpc) is 2.99. The van der Waals surface area contributed by atoms with Crippen LogP contribution in [0.4, 0.5) is 10.1 Å². The second-order valence-electron chi connectivity index (χ2n) is 6.68. The van der Waals surface area contributed by atoms with Gasteiger partial charge in [0, 0.05) is 26.9 Å². The summed E-state index contributed by atoms with van der Waals surface area (Å²) in [7, 11) is 0. The molecule has 1 fully saturated rings. The van der Waals surface area contributed by atoms with Crippen LogP contribution in [0, 0.1) is 5.82 Å². The number of aliphatic hydroxyl groups is 1. The number of carbonyl (C=O) groups is 2. The van der Waals surface area contributed by atoms with Gasteiger partial charge in [0.05, 0.1) is 11.6 Å². The molecule has 0 saturated carbocycles. The molecule has 1 heterocycles. The van der Waals surface area contributed by atoms with E-state index in [4.69, 9.17) is 23.2 Å². The van der Waals surface area contributed by atoms with Gasteiger partial charge in [-0.15, -0.1) is 0 Å². The predicted molar refractivity (Wildman–Crippen MR) is 114 cm³/mol. The molecule has 7 heteroatoms. The highest BCUT2D eigenvalue weighted by molar-refractivity contribution is 6.51. The van der Waals surface area contributed by atoms with E-state index in [0.717, 1.165) is 4.90 Å². The maximum absolute atomic E-state index is 14.8. The van der Waals surface area contributed by atoms with E-state index in [1.54, 1.807) is 36.4 Å². The van der Waals surface area contributed by atoms with Gasteiger partial charge in [-0.3, -0.25) is 14.5 Å². The number of rotatable bonds is 3. The monoisotopic (exact) mass is 441 g/mol. The van der Waals surface area contributed by atoms with E-state index in [1.807, 2.05) is 0 Å². The maximum Gasteiger partial charge on any atom is 0.300 e. The van der Waals surface area contributed by atoms with Crippen molar-refractivity contribution in [3.8, 4) is 0 Å². The number of benzene rings is 3. The third kappa shape index (κ3) is 3.47. The molecule has 150 valence electrons. The van der Waals surface area contributed by atoms with Gasteiger partial charge in [-0.2, -0.15) is 0 Å². The van der Waals surface area contributed by atoms with Gasteiger partial charge in [0.25, 0.3) is 11.7 Å². The molecular formula is C23H14Cl2FNO3. The number of aliphatic hydroxyl groups excluding tert-OH is 1. The molecule has 0 radical (unpaired) electrons. The summed E-state index contributed by atoms with van der Waals surface area (Å²) in [6, 6.07) is 17.1. The van der Waals surface area contributed by atoms with Crippen molar-refractivity contribution in [1.82, 2.24) is 0 Å². The summed E-state index contributed by atoms with van der Waals surface area (Å²) >= 11 is 12.0. The van der Waals surface area contributed by atoms with E-state index in [0.29, 0.717) is 15.7 Å². The van der Waals surface area contributed by atoms with Crippen LogP contribution in [0.15, 0.2) is 78.4 Å². The summed E-state index contributed by atoms with van der Waals surface area (Å²) in [5, 5.41) is 11.7. The number of halogens is 3. The maximum atomic E-state index is 14.8. The van der Waals surface area contributed by atoms with Crippen molar-refractivity contribution < 1.29 is 19.1 Å². The molecule has 3 aromatic carbocycles. The molecule has 0 aliphatic carbocycles. The van der Waals surface area contributed by atoms with Crippen LogP contribution in [0.25, 0.3) is 5.76 Å². The lowest BCUT2D eigenvalue weighted by Crippen LogP contribution is -2.29. The highest BCUT2D eigenvalue weighted by atomic mass is 35.5. The van der Waals surface area contributed by atoms with Gasteiger partial charge in [0.15, 0.2) is 0 Å². The minimum atomic E-state index is -1.17. The van der Waals surface area contributed by atoms with E-state index < -0.39 is 29.3 Å². The Bertz CT molecular complexity index is 1190. The van der Waals surface area contributed by atoms with E-state index in [1.165, 1.54) is 36.4 Å². The van der Waals surface area contributed by atoms with Crippen molar-refractivity contribution in [2.75, 3.05) is 4.90 Å². The van der Waals surface area contributed by atoms with E-state index in [2.05, 4.69) is 0 Å². The zero-order valence-electron chi connectivity index (χ0n) is 15.4. The lowest BCUT2D eigenvalue weighted by atomic mass is 9.94. The van der Waals surface area contributed by atoms with Crippen LogP contribution in [0.5, 0.6) is 0 Å². The Balaban J connectivity index is 1.98. The molecule has 30 heavy (non-hydrogen) atoms. The zero-order chi connectivity index (χ0) is 21.4. The van der Waals surface area contributed by atoms with E-state index >= 15 is 0 Å². The molecule has 4 nitrogen and oxygen atoms in total. The van der Waals surface area contributed by atoms with Crippen LogP contribution in [-0.4, -0.2) is 16.8 Å². The fourth-order valence-electron chi connectivity index (χ4n) is 3.48. The average molecular weight is 442 g/mol. The third-order valence-electron chi connectivity index (χ3n) is 4.85. The fraction of sp³-hybridized carbons (Fsp3) is 0.0435. The molecule has 1 N–H and O–H groups in total. The van der Waals surface area contributed by atoms with Crippen LogP contribution >= 0.6 is 23.2 Å². The minimum Gasteiger partial charge on any atom is -0.507 e. The smallest absolute Gasteiger partial charge is 0.300 e. The molecule has 1 aliphatic rings. The molecule has 1 atom stereocenters. The first-order chi connectivity index (χ1) is 14.4. The topological polar surface area (TPSA) is 57.6 Å². The summed E-state index contributed by atoms with van der Waals surface area (Å²) < 4.78 is 14.8. The number of Topliss-reactive ketones (excluding diaryl/α,β-unsaturated/α-hetero) is 1. The van der Waals surface area contributed by atoms with Crippen molar-refractivity contribution >= 4 is 46.3 Å². The van der Waals surface area contributed by atoms with Gasteiger partial charge in [-0.05, 0) is 48.5 Å². The first kappa shape index (κ1) is 20.1. The number of hydrogen-bond donors (Lipinski definition) is 1. The molecule has 1 saturated heterocycles. The van der Waals surface area contributed by atoms with Gasteiger partial charge >= 0.3 is 0 Å². The van der Waals surface area contributed by atoms with Crippen molar-refractivity contribution in [2.24, 2.45) is 0 Å². The summed E-state index contributed by atoms with van der Waals surface area (Å²) in [4.78, 5) is 27.1. The van der Waals surface area contributed by atoms with Gasteiger partial charge in [-0.1, -0.05) is 47.5 Å². The summed E-state index contributed by atoms with van der Waals surface area (Å²) in [5.41, 5.74) is 0.456. The fourth-order valence-corrected chi connectivity index (χ4v) is 3.79. The number of ketones is 1.